The van der Waals surface area contributed by atoms with Crippen LogP contribution in [0, 0.1) is 5.92 Å². The molecule has 0 amide bonds. The highest BCUT2D eigenvalue weighted by Crippen LogP contribution is 2.14. The molecule has 0 aliphatic heterocycles. The number of ether oxygens (including phenoxy) is 6. The molecule has 11 heteroatoms. The van der Waals surface area contributed by atoms with Crippen LogP contribution in [-0.2, 0) is 44.6 Å². The van der Waals surface area contributed by atoms with Crippen LogP contribution >= 0.6 is 0 Å². The van der Waals surface area contributed by atoms with E-state index in [9.17, 15) is 14.4 Å². The highest BCUT2D eigenvalue weighted by atomic mass is 16.7. The van der Waals surface area contributed by atoms with E-state index in [1.165, 1.54) is 83.5 Å². The van der Waals surface area contributed by atoms with E-state index in [1.807, 2.05) is 10.8 Å². The van der Waals surface area contributed by atoms with E-state index >= 15 is 0 Å². The number of hydrogen-bond donors (Lipinski definition) is 0. The molecule has 11 nitrogen and oxygen atoms in total. The molecule has 1 unspecified atom stereocenters. The molecule has 0 spiro atoms. The van der Waals surface area contributed by atoms with Crippen LogP contribution in [0.2, 0.25) is 0 Å². The fourth-order valence-electron chi connectivity index (χ4n) is 6.21. The molecule has 1 aromatic rings. The Labute approximate surface area is 346 Å². The van der Waals surface area contributed by atoms with Gasteiger partial charge in [0.05, 0.1) is 25.3 Å². The van der Waals surface area contributed by atoms with Gasteiger partial charge < -0.3 is 33.0 Å². The van der Waals surface area contributed by atoms with Crippen LogP contribution in [-0.4, -0.2) is 73.6 Å². The number of nitrogens with zero attached hydrogens (tertiary/aromatic N) is 2. The summed E-state index contributed by atoms with van der Waals surface area (Å²) in [5.41, 5.74) is 0. The van der Waals surface area contributed by atoms with E-state index in [-0.39, 0.29) is 38.8 Å². The van der Waals surface area contributed by atoms with Crippen molar-refractivity contribution in [3.8, 4) is 0 Å². The Morgan fingerprint density at radius 2 is 1.07 bits per heavy atom. The van der Waals surface area contributed by atoms with Crippen LogP contribution in [0.3, 0.4) is 0 Å². The molecule has 0 aliphatic rings. The standard InChI is InChI=1S/C46H82N2O9/c1-4-7-10-13-16-17-18-19-20-21-22-25-29-43(49)55-38-42(40-57-46(51)54-37-28-33-48-34-32-47-41-48)39-56-44(50)30-31-45(52-35-26-23-14-11-8-5-2)53-36-27-24-15-12-9-6-3/h16-17,32,34,41-42,45H,4-15,18-31,33,35-40H2,1-3H3/b17-16-. The summed E-state index contributed by atoms with van der Waals surface area (Å²) < 4.78 is 35.8. The number of allylic oxidation sites excluding steroid dienone is 2. The third-order valence-electron chi connectivity index (χ3n) is 9.82. The van der Waals surface area contributed by atoms with Gasteiger partial charge in [0.25, 0.3) is 0 Å². The molecule has 0 saturated carbocycles. The maximum Gasteiger partial charge on any atom is 0.508 e. The molecule has 57 heavy (non-hydrogen) atoms. The van der Waals surface area contributed by atoms with Crippen LogP contribution in [0.1, 0.15) is 188 Å². The highest BCUT2D eigenvalue weighted by Gasteiger charge is 2.20. The van der Waals surface area contributed by atoms with Crippen molar-refractivity contribution in [3.05, 3.63) is 30.9 Å². The van der Waals surface area contributed by atoms with Gasteiger partial charge in [-0.1, -0.05) is 129 Å². The predicted molar refractivity (Wildman–Crippen MR) is 227 cm³/mol. The van der Waals surface area contributed by atoms with Gasteiger partial charge in [0, 0.05) is 45.0 Å². The lowest BCUT2D eigenvalue weighted by molar-refractivity contribution is -0.161. The second kappa shape index (κ2) is 39.9. The van der Waals surface area contributed by atoms with Crippen LogP contribution in [0.25, 0.3) is 0 Å². The van der Waals surface area contributed by atoms with Crippen LogP contribution < -0.4 is 0 Å². The third kappa shape index (κ3) is 34.8. The maximum atomic E-state index is 12.9. The minimum Gasteiger partial charge on any atom is -0.465 e. The number of esters is 2. The molecular formula is C46H82N2O9. The SMILES string of the molecule is CCCCC/C=C\CCCCCCCC(=O)OCC(COC(=O)CCC(OCCCCCCCC)OCCCCCCCC)COC(=O)OCCCn1ccnc1. The zero-order valence-electron chi connectivity index (χ0n) is 36.4. The van der Waals surface area contributed by atoms with E-state index in [2.05, 4.69) is 37.9 Å². The van der Waals surface area contributed by atoms with Crippen molar-refractivity contribution in [3.63, 3.8) is 0 Å². The molecule has 1 heterocycles. The van der Waals surface area contributed by atoms with Crippen molar-refractivity contribution in [2.75, 3.05) is 39.6 Å². The molecule has 0 N–H and O–H groups in total. The molecule has 1 aromatic heterocycles. The fraction of sp³-hybridized carbons (Fsp3) is 0.826. The van der Waals surface area contributed by atoms with Gasteiger partial charge in [-0.2, -0.15) is 0 Å². The van der Waals surface area contributed by atoms with Crippen molar-refractivity contribution in [2.24, 2.45) is 5.92 Å². The topological polar surface area (TPSA) is 124 Å². The Morgan fingerprint density at radius 1 is 0.561 bits per heavy atom. The van der Waals surface area contributed by atoms with E-state index in [4.69, 9.17) is 28.4 Å². The van der Waals surface area contributed by atoms with E-state index < -0.39 is 24.3 Å². The van der Waals surface area contributed by atoms with Crippen molar-refractivity contribution >= 4 is 18.1 Å². The Bertz CT molecular complexity index is 1060. The minimum absolute atomic E-state index is 0.0318. The summed E-state index contributed by atoms with van der Waals surface area (Å²) in [6.45, 7) is 8.50. The molecule has 0 aromatic carbocycles. The summed E-state index contributed by atoms with van der Waals surface area (Å²) in [7, 11) is 0. The summed E-state index contributed by atoms with van der Waals surface area (Å²) in [6, 6.07) is 0. The number of aromatic nitrogens is 2. The minimum atomic E-state index is -0.817. The molecular weight excluding hydrogens is 725 g/mol. The van der Waals surface area contributed by atoms with Crippen molar-refractivity contribution in [1.82, 2.24) is 9.55 Å². The molecule has 0 fully saturated rings. The lowest BCUT2D eigenvalue weighted by atomic mass is 10.1. The molecule has 0 saturated heterocycles. The molecule has 1 rings (SSSR count). The number of carbonyl (C=O) groups is 3. The summed E-state index contributed by atoms with van der Waals surface area (Å²) in [5.74, 6) is -1.25. The van der Waals surface area contributed by atoms with Crippen LogP contribution in [0.15, 0.2) is 30.9 Å². The molecule has 330 valence electrons. The largest absolute Gasteiger partial charge is 0.508 e. The molecule has 0 radical (unpaired) electrons. The Morgan fingerprint density at radius 3 is 1.67 bits per heavy atom. The second-order valence-corrected chi connectivity index (χ2v) is 15.3. The molecule has 0 aliphatic carbocycles. The van der Waals surface area contributed by atoms with Crippen molar-refractivity contribution < 1.29 is 42.8 Å². The number of hydrogen-bond acceptors (Lipinski definition) is 10. The van der Waals surface area contributed by atoms with Crippen LogP contribution in [0.5, 0.6) is 0 Å². The van der Waals surface area contributed by atoms with E-state index in [0.717, 1.165) is 57.8 Å². The monoisotopic (exact) mass is 807 g/mol. The third-order valence-corrected chi connectivity index (χ3v) is 9.82. The smallest absolute Gasteiger partial charge is 0.465 e. The average Bonchev–Trinajstić information content (AvgIpc) is 3.74. The van der Waals surface area contributed by atoms with Crippen molar-refractivity contribution in [1.29, 1.82) is 0 Å². The van der Waals surface area contributed by atoms with Gasteiger partial charge in [-0.25, -0.2) is 9.78 Å². The molecule has 0 bridgehead atoms. The zero-order valence-corrected chi connectivity index (χ0v) is 36.4. The quantitative estimate of drug-likeness (QED) is 0.0208. The average molecular weight is 807 g/mol. The molecule has 1 atom stereocenters. The van der Waals surface area contributed by atoms with Gasteiger partial charge in [-0.3, -0.25) is 9.59 Å². The second-order valence-electron chi connectivity index (χ2n) is 15.3. The summed E-state index contributed by atoms with van der Waals surface area (Å²) in [6.07, 6.45) is 35.3. The van der Waals surface area contributed by atoms with Gasteiger partial charge in [0.1, 0.15) is 19.8 Å². The maximum absolute atomic E-state index is 12.9. The number of imidazole rings is 1. The first kappa shape index (κ1) is 52.1. The Balaban J connectivity index is 2.53. The first-order valence-corrected chi connectivity index (χ1v) is 22.9. The Hall–Kier alpha value is -2.92. The van der Waals surface area contributed by atoms with Gasteiger partial charge in [-0.05, 0) is 51.4 Å². The lowest BCUT2D eigenvalue weighted by Gasteiger charge is -2.20. The van der Waals surface area contributed by atoms with Gasteiger partial charge in [0.15, 0.2) is 6.29 Å². The lowest BCUT2D eigenvalue weighted by Crippen LogP contribution is -2.27. The Kier molecular flexibility index (Phi) is 36.5. The van der Waals surface area contributed by atoms with E-state index in [1.54, 1.807) is 12.5 Å². The van der Waals surface area contributed by atoms with Crippen molar-refractivity contribution in [2.45, 2.75) is 201 Å². The number of aryl methyl sites for hydroxylation is 1. The summed E-state index contributed by atoms with van der Waals surface area (Å²) in [5, 5.41) is 0. The number of unbranched alkanes of at least 4 members (excludes halogenated alkanes) is 18. The number of rotatable bonds is 41. The van der Waals surface area contributed by atoms with E-state index in [0.29, 0.717) is 39.0 Å². The van der Waals surface area contributed by atoms with Gasteiger partial charge >= 0.3 is 18.1 Å². The van der Waals surface area contributed by atoms with Gasteiger partial charge in [-0.15, -0.1) is 0 Å². The number of carbonyl (C=O) groups excluding carboxylic acids is 3. The summed E-state index contributed by atoms with van der Waals surface area (Å²) in [4.78, 5) is 41.8. The highest BCUT2D eigenvalue weighted by molar-refractivity contribution is 5.69. The summed E-state index contributed by atoms with van der Waals surface area (Å²) >= 11 is 0. The van der Waals surface area contributed by atoms with Crippen LogP contribution in [0.4, 0.5) is 4.79 Å². The first-order valence-electron chi connectivity index (χ1n) is 22.9. The normalized spacial score (nSPS) is 12.0. The van der Waals surface area contributed by atoms with Gasteiger partial charge in [0.2, 0.25) is 0 Å². The fourth-order valence-corrected chi connectivity index (χ4v) is 6.21. The zero-order chi connectivity index (χ0) is 41.3. The predicted octanol–water partition coefficient (Wildman–Crippen LogP) is 11.9. The first-order chi connectivity index (χ1) is 28.0.